The molecule has 0 saturated carbocycles. The van der Waals surface area contributed by atoms with Gasteiger partial charge in [-0.1, -0.05) is 26.7 Å². The first kappa shape index (κ1) is 13.0. The summed E-state index contributed by atoms with van der Waals surface area (Å²) in [6, 6.07) is 1.36. The molecule has 0 aromatic heterocycles. The minimum Gasteiger partial charge on any atom is -0.298 e. The quantitative estimate of drug-likeness (QED) is 0.612. The predicted octanol–water partition coefficient (Wildman–Crippen LogP) is 3.54. The third-order valence-electron chi connectivity index (χ3n) is 2.95. The highest BCUT2D eigenvalue weighted by atomic mass is 15.2. The van der Waals surface area contributed by atoms with Crippen molar-refractivity contribution in [1.29, 1.82) is 0 Å². The second-order valence-corrected chi connectivity index (χ2v) is 4.57. The van der Waals surface area contributed by atoms with Crippen LogP contribution in [0.3, 0.4) is 0 Å². The van der Waals surface area contributed by atoms with E-state index in [0.29, 0.717) is 12.1 Å². The van der Waals surface area contributed by atoms with Crippen LogP contribution in [0.15, 0.2) is 0 Å². The Morgan fingerprint density at radius 1 is 0.846 bits per heavy atom. The Hall–Kier alpha value is -0.0400. The molecule has 0 spiro atoms. The van der Waals surface area contributed by atoms with Gasteiger partial charge in [0.15, 0.2) is 0 Å². The summed E-state index contributed by atoms with van der Waals surface area (Å²) in [4.78, 5) is 2.59. The molecule has 0 aromatic carbocycles. The van der Waals surface area contributed by atoms with Crippen molar-refractivity contribution in [1.82, 2.24) is 4.90 Å². The van der Waals surface area contributed by atoms with Gasteiger partial charge < -0.3 is 0 Å². The molecule has 13 heavy (non-hydrogen) atoms. The molecule has 0 aromatic rings. The standard InChI is InChI=1S/C12H27N/c1-7-12(8-2)9-13(10(3)4)11(5)6/h10-12H,7-9H2,1-6H3. The lowest BCUT2D eigenvalue weighted by Gasteiger charge is -2.33. The maximum atomic E-state index is 2.59. The van der Waals surface area contributed by atoms with Gasteiger partial charge in [0.2, 0.25) is 0 Å². The van der Waals surface area contributed by atoms with Crippen LogP contribution in [0.1, 0.15) is 54.4 Å². The molecule has 0 aliphatic carbocycles. The molecular weight excluding hydrogens is 158 g/mol. The van der Waals surface area contributed by atoms with E-state index in [-0.39, 0.29) is 0 Å². The Morgan fingerprint density at radius 2 is 1.23 bits per heavy atom. The average molecular weight is 185 g/mol. The van der Waals surface area contributed by atoms with Crippen molar-refractivity contribution in [2.45, 2.75) is 66.5 Å². The molecule has 0 fully saturated rings. The van der Waals surface area contributed by atoms with Crippen LogP contribution in [0.4, 0.5) is 0 Å². The zero-order valence-electron chi connectivity index (χ0n) is 10.3. The lowest BCUT2D eigenvalue weighted by atomic mass is 10.0. The molecule has 0 saturated heterocycles. The largest absolute Gasteiger partial charge is 0.298 e. The zero-order valence-corrected chi connectivity index (χ0v) is 10.3. The molecule has 0 aliphatic rings. The Balaban J connectivity index is 4.08. The van der Waals surface area contributed by atoms with E-state index in [1.165, 1.54) is 19.4 Å². The summed E-state index contributed by atoms with van der Waals surface area (Å²) in [7, 11) is 0. The topological polar surface area (TPSA) is 3.24 Å². The van der Waals surface area contributed by atoms with Crippen LogP contribution in [0.2, 0.25) is 0 Å². The maximum absolute atomic E-state index is 2.59. The van der Waals surface area contributed by atoms with Crippen LogP contribution >= 0.6 is 0 Å². The van der Waals surface area contributed by atoms with Crippen LogP contribution in [-0.4, -0.2) is 23.5 Å². The Bertz CT molecular complexity index is 106. The van der Waals surface area contributed by atoms with E-state index >= 15 is 0 Å². The van der Waals surface area contributed by atoms with E-state index < -0.39 is 0 Å². The molecule has 0 aliphatic heterocycles. The fraction of sp³-hybridized carbons (Fsp3) is 1.00. The van der Waals surface area contributed by atoms with Gasteiger partial charge in [0.25, 0.3) is 0 Å². The van der Waals surface area contributed by atoms with E-state index in [2.05, 4.69) is 46.4 Å². The molecule has 1 nitrogen and oxygen atoms in total. The summed E-state index contributed by atoms with van der Waals surface area (Å²) in [6.45, 7) is 15.0. The van der Waals surface area contributed by atoms with Gasteiger partial charge in [-0.25, -0.2) is 0 Å². The summed E-state index contributed by atoms with van der Waals surface area (Å²) in [6.07, 6.45) is 2.62. The van der Waals surface area contributed by atoms with Crippen LogP contribution in [0.25, 0.3) is 0 Å². The fourth-order valence-corrected chi connectivity index (χ4v) is 1.86. The maximum Gasteiger partial charge on any atom is 0.00414 e. The van der Waals surface area contributed by atoms with Gasteiger partial charge in [0.05, 0.1) is 0 Å². The SMILES string of the molecule is CCC(CC)CN(C(C)C)C(C)C. The van der Waals surface area contributed by atoms with E-state index in [1.807, 2.05) is 0 Å². The monoisotopic (exact) mass is 185 g/mol. The number of rotatable bonds is 6. The summed E-state index contributed by atoms with van der Waals surface area (Å²) in [5.74, 6) is 0.879. The summed E-state index contributed by atoms with van der Waals surface area (Å²) < 4.78 is 0. The molecule has 0 N–H and O–H groups in total. The highest BCUT2D eigenvalue weighted by Gasteiger charge is 2.16. The molecular formula is C12H27N. The van der Waals surface area contributed by atoms with Crippen LogP contribution < -0.4 is 0 Å². The summed E-state index contributed by atoms with van der Waals surface area (Å²) in [5.41, 5.74) is 0. The first-order valence-electron chi connectivity index (χ1n) is 5.78. The Kier molecular flexibility index (Phi) is 6.40. The fourth-order valence-electron chi connectivity index (χ4n) is 1.86. The highest BCUT2D eigenvalue weighted by molar-refractivity contribution is 4.70. The van der Waals surface area contributed by atoms with Crippen molar-refractivity contribution in [3.8, 4) is 0 Å². The molecule has 0 radical (unpaired) electrons. The molecule has 0 heterocycles. The second-order valence-electron chi connectivity index (χ2n) is 4.57. The van der Waals surface area contributed by atoms with Crippen LogP contribution in [-0.2, 0) is 0 Å². The van der Waals surface area contributed by atoms with Gasteiger partial charge in [-0.2, -0.15) is 0 Å². The second kappa shape index (κ2) is 6.42. The Morgan fingerprint density at radius 3 is 1.46 bits per heavy atom. The van der Waals surface area contributed by atoms with E-state index in [9.17, 15) is 0 Å². The average Bonchev–Trinajstić information content (AvgIpc) is 2.05. The van der Waals surface area contributed by atoms with Crippen LogP contribution in [0, 0.1) is 5.92 Å². The lowest BCUT2D eigenvalue weighted by Crippen LogP contribution is -2.40. The predicted molar refractivity (Wildman–Crippen MR) is 61.1 cm³/mol. The highest BCUT2D eigenvalue weighted by Crippen LogP contribution is 2.14. The molecule has 0 unspecified atom stereocenters. The van der Waals surface area contributed by atoms with Gasteiger partial charge >= 0.3 is 0 Å². The third kappa shape index (κ3) is 4.66. The van der Waals surface area contributed by atoms with E-state index in [4.69, 9.17) is 0 Å². The van der Waals surface area contributed by atoms with Crippen molar-refractivity contribution in [3.05, 3.63) is 0 Å². The minimum atomic E-state index is 0.681. The molecule has 80 valence electrons. The normalized spacial score (nSPS) is 12.5. The van der Waals surface area contributed by atoms with Crippen molar-refractivity contribution < 1.29 is 0 Å². The molecule has 0 amide bonds. The first-order chi connectivity index (χ1) is 6.02. The third-order valence-corrected chi connectivity index (χ3v) is 2.95. The lowest BCUT2D eigenvalue weighted by molar-refractivity contribution is 0.143. The molecule has 0 bridgehead atoms. The number of hydrogen-bond donors (Lipinski definition) is 0. The number of hydrogen-bond acceptors (Lipinski definition) is 1. The van der Waals surface area contributed by atoms with Gasteiger partial charge in [-0.05, 0) is 33.6 Å². The summed E-state index contributed by atoms with van der Waals surface area (Å²) in [5, 5.41) is 0. The van der Waals surface area contributed by atoms with Gasteiger partial charge in [0, 0.05) is 18.6 Å². The van der Waals surface area contributed by atoms with Crippen molar-refractivity contribution in [2.75, 3.05) is 6.54 Å². The van der Waals surface area contributed by atoms with Crippen molar-refractivity contribution in [3.63, 3.8) is 0 Å². The van der Waals surface area contributed by atoms with E-state index in [0.717, 1.165) is 5.92 Å². The smallest absolute Gasteiger partial charge is 0.00414 e. The number of nitrogens with zero attached hydrogens (tertiary/aromatic N) is 1. The molecule has 1 heteroatoms. The molecule has 0 rings (SSSR count). The minimum absolute atomic E-state index is 0.681. The van der Waals surface area contributed by atoms with E-state index in [1.54, 1.807) is 0 Å². The van der Waals surface area contributed by atoms with Gasteiger partial charge in [0.1, 0.15) is 0 Å². The van der Waals surface area contributed by atoms with Gasteiger partial charge in [-0.3, -0.25) is 4.90 Å². The van der Waals surface area contributed by atoms with Crippen molar-refractivity contribution >= 4 is 0 Å². The first-order valence-corrected chi connectivity index (χ1v) is 5.78. The van der Waals surface area contributed by atoms with Crippen LogP contribution in [0.5, 0.6) is 0 Å². The Labute approximate surface area is 84.5 Å². The molecule has 0 atom stereocenters. The zero-order chi connectivity index (χ0) is 10.4. The van der Waals surface area contributed by atoms with Gasteiger partial charge in [-0.15, -0.1) is 0 Å². The van der Waals surface area contributed by atoms with Crippen molar-refractivity contribution in [2.24, 2.45) is 5.92 Å². The summed E-state index contributed by atoms with van der Waals surface area (Å²) >= 11 is 0.